The molecule has 1 aliphatic rings. The van der Waals surface area contributed by atoms with Gasteiger partial charge in [0.2, 0.25) is 0 Å². The molecular weight excluding hydrogens is 394 g/mol. The van der Waals surface area contributed by atoms with Gasteiger partial charge >= 0.3 is 0 Å². The van der Waals surface area contributed by atoms with Crippen molar-refractivity contribution in [3.05, 3.63) is 75.7 Å². The molecule has 2 heterocycles. The number of anilines is 2. The first kappa shape index (κ1) is 20.2. The lowest BCUT2D eigenvalue weighted by atomic mass is 9.86. The van der Waals surface area contributed by atoms with Gasteiger partial charge in [-0.25, -0.2) is 0 Å². The Hall–Kier alpha value is -4.12. The number of non-ortho nitro benzene ring substituents is 1. The highest BCUT2D eigenvalue weighted by atomic mass is 16.6. The third-order valence-corrected chi connectivity index (χ3v) is 5.67. The van der Waals surface area contributed by atoms with Crippen LogP contribution in [0.4, 0.5) is 17.1 Å². The SMILES string of the molecule is CNC1=C(C#N)C(CC(C)=O)c2c(c3ccccc3n2C)N1c1ccc([N+](=O)[O-])cc1. The van der Waals surface area contributed by atoms with Gasteiger partial charge in [0.1, 0.15) is 11.6 Å². The number of nitriles is 1. The summed E-state index contributed by atoms with van der Waals surface area (Å²) in [4.78, 5) is 24.7. The van der Waals surface area contributed by atoms with Crippen LogP contribution in [0.25, 0.3) is 10.9 Å². The largest absolute Gasteiger partial charge is 0.373 e. The Morgan fingerprint density at radius 3 is 2.48 bits per heavy atom. The highest BCUT2D eigenvalue weighted by Gasteiger charge is 2.38. The molecule has 0 spiro atoms. The van der Waals surface area contributed by atoms with E-state index in [4.69, 9.17) is 0 Å². The molecule has 1 atom stereocenters. The number of aromatic nitrogens is 1. The molecule has 0 saturated heterocycles. The van der Waals surface area contributed by atoms with Crippen molar-refractivity contribution in [3.8, 4) is 6.07 Å². The fraction of sp³-hybridized carbons (Fsp3) is 0.217. The van der Waals surface area contributed by atoms with E-state index in [-0.39, 0.29) is 17.9 Å². The maximum atomic E-state index is 12.1. The molecular formula is C23H21N5O3. The number of allylic oxidation sites excluding steroid dienone is 1. The Morgan fingerprint density at radius 2 is 1.90 bits per heavy atom. The Balaban J connectivity index is 2.07. The minimum absolute atomic E-state index is 0.00630. The number of rotatable bonds is 5. The van der Waals surface area contributed by atoms with Crippen LogP contribution in [0.15, 0.2) is 59.9 Å². The van der Waals surface area contributed by atoms with Gasteiger partial charge < -0.3 is 9.88 Å². The average molecular weight is 415 g/mol. The lowest BCUT2D eigenvalue weighted by molar-refractivity contribution is -0.384. The zero-order valence-corrected chi connectivity index (χ0v) is 17.4. The van der Waals surface area contributed by atoms with E-state index in [0.29, 0.717) is 17.1 Å². The molecule has 0 fully saturated rings. The van der Waals surface area contributed by atoms with E-state index in [1.54, 1.807) is 19.2 Å². The maximum Gasteiger partial charge on any atom is 0.269 e. The van der Waals surface area contributed by atoms with E-state index < -0.39 is 10.8 Å². The van der Waals surface area contributed by atoms with Gasteiger partial charge in [-0.2, -0.15) is 5.26 Å². The van der Waals surface area contributed by atoms with Gasteiger partial charge in [-0.1, -0.05) is 18.2 Å². The van der Waals surface area contributed by atoms with Crippen LogP contribution in [0.3, 0.4) is 0 Å². The average Bonchev–Trinajstić information content (AvgIpc) is 3.06. The fourth-order valence-corrected chi connectivity index (χ4v) is 4.41. The zero-order valence-electron chi connectivity index (χ0n) is 17.4. The van der Waals surface area contributed by atoms with Gasteiger partial charge in [0, 0.05) is 49.6 Å². The van der Waals surface area contributed by atoms with Crippen LogP contribution in [0.1, 0.15) is 25.0 Å². The van der Waals surface area contributed by atoms with Crippen molar-refractivity contribution in [2.24, 2.45) is 7.05 Å². The smallest absolute Gasteiger partial charge is 0.269 e. The normalized spacial score (nSPS) is 15.5. The minimum atomic E-state index is -0.443. The van der Waals surface area contributed by atoms with E-state index in [2.05, 4.69) is 11.4 Å². The van der Waals surface area contributed by atoms with Gasteiger partial charge in [-0.15, -0.1) is 0 Å². The second-order valence-electron chi connectivity index (χ2n) is 7.50. The molecule has 0 saturated carbocycles. The molecule has 1 aromatic heterocycles. The van der Waals surface area contributed by atoms with E-state index in [9.17, 15) is 20.2 Å². The van der Waals surface area contributed by atoms with Crippen molar-refractivity contribution in [2.45, 2.75) is 19.3 Å². The Labute approximate surface area is 179 Å². The molecule has 1 aliphatic heterocycles. The van der Waals surface area contributed by atoms with Gasteiger partial charge in [0.15, 0.2) is 0 Å². The van der Waals surface area contributed by atoms with Crippen molar-refractivity contribution in [1.29, 1.82) is 5.26 Å². The topological polar surface area (TPSA) is 104 Å². The second-order valence-corrected chi connectivity index (χ2v) is 7.50. The quantitative estimate of drug-likeness (QED) is 0.493. The van der Waals surface area contributed by atoms with E-state index in [1.807, 2.05) is 40.8 Å². The number of fused-ring (bicyclic) bond motifs is 3. The van der Waals surface area contributed by atoms with E-state index in [0.717, 1.165) is 22.3 Å². The molecule has 2 aromatic carbocycles. The number of hydrogen-bond acceptors (Lipinski definition) is 6. The molecule has 1 unspecified atom stereocenters. The predicted molar refractivity (Wildman–Crippen MR) is 118 cm³/mol. The molecule has 0 radical (unpaired) electrons. The summed E-state index contributed by atoms with van der Waals surface area (Å²) in [6.07, 6.45) is 0.208. The number of Topliss-reactive ketones (excluding diaryl/α,β-unsaturated/α-hetero) is 1. The fourth-order valence-electron chi connectivity index (χ4n) is 4.41. The first-order valence-electron chi connectivity index (χ1n) is 9.82. The summed E-state index contributed by atoms with van der Waals surface area (Å²) < 4.78 is 2.03. The Morgan fingerprint density at radius 1 is 1.23 bits per heavy atom. The molecule has 0 bridgehead atoms. The van der Waals surface area contributed by atoms with Gasteiger partial charge in [-0.05, 0) is 25.1 Å². The van der Waals surface area contributed by atoms with Crippen LogP contribution in [0, 0.1) is 21.4 Å². The number of nitro benzene ring substituents is 1. The molecule has 0 amide bonds. The van der Waals surface area contributed by atoms with Crippen LogP contribution in [-0.4, -0.2) is 22.3 Å². The summed E-state index contributed by atoms with van der Waals surface area (Å²) in [6.45, 7) is 1.53. The summed E-state index contributed by atoms with van der Waals surface area (Å²) in [7, 11) is 3.66. The number of carbonyl (C=O) groups excluding carboxylic acids is 1. The summed E-state index contributed by atoms with van der Waals surface area (Å²) >= 11 is 0. The Kier molecular flexibility index (Phi) is 4.95. The van der Waals surface area contributed by atoms with E-state index in [1.165, 1.54) is 19.1 Å². The number of carbonyl (C=O) groups is 1. The van der Waals surface area contributed by atoms with E-state index >= 15 is 0 Å². The molecule has 3 aromatic rings. The number of nitrogens with zero attached hydrogens (tertiary/aromatic N) is 4. The second kappa shape index (κ2) is 7.61. The first-order chi connectivity index (χ1) is 14.9. The number of para-hydroxylation sites is 1. The lowest BCUT2D eigenvalue weighted by Crippen LogP contribution is -2.34. The molecule has 0 aliphatic carbocycles. The number of ketones is 1. The predicted octanol–water partition coefficient (Wildman–Crippen LogP) is 4.26. The molecule has 156 valence electrons. The molecule has 8 nitrogen and oxygen atoms in total. The van der Waals surface area contributed by atoms with Crippen LogP contribution >= 0.6 is 0 Å². The van der Waals surface area contributed by atoms with Crippen LogP contribution in [0.2, 0.25) is 0 Å². The molecule has 1 N–H and O–H groups in total. The molecule has 31 heavy (non-hydrogen) atoms. The summed E-state index contributed by atoms with van der Waals surface area (Å²) in [6, 6.07) is 16.4. The highest BCUT2D eigenvalue weighted by molar-refractivity contribution is 6.00. The molecule has 8 heteroatoms. The van der Waals surface area contributed by atoms with Crippen molar-refractivity contribution >= 4 is 33.7 Å². The Bertz CT molecular complexity index is 1280. The standard InChI is InChI=1S/C23H21N5O3/c1-14(29)12-18-19(13-24)23(25-2)27(15-8-10-16(11-9-15)28(30)31)22-17-6-4-5-7-20(17)26(3)21(18)22/h4-11,18,25H,12H2,1-3H3. The first-order valence-corrected chi connectivity index (χ1v) is 9.82. The summed E-state index contributed by atoms with van der Waals surface area (Å²) in [5, 5.41) is 25.3. The van der Waals surface area contributed by atoms with Crippen LogP contribution in [-0.2, 0) is 11.8 Å². The van der Waals surface area contributed by atoms with Crippen LogP contribution < -0.4 is 10.2 Å². The van der Waals surface area contributed by atoms with Crippen LogP contribution in [0.5, 0.6) is 0 Å². The highest BCUT2D eigenvalue weighted by Crippen LogP contribution is 2.50. The van der Waals surface area contributed by atoms with Crippen molar-refractivity contribution in [2.75, 3.05) is 11.9 Å². The number of benzene rings is 2. The third-order valence-electron chi connectivity index (χ3n) is 5.67. The van der Waals surface area contributed by atoms with Gasteiger partial charge in [0.25, 0.3) is 5.69 Å². The minimum Gasteiger partial charge on any atom is -0.373 e. The van der Waals surface area contributed by atoms with Gasteiger partial charge in [0.05, 0.1) is 33.5 Å². The van der Waals surface area contributed by atoms with Crippen molar-refractivity contribution < 1.29 is 9.72 Å². The summed E-state index contributed by atoms with van der Waals surface area (Å²) in [5.41, 5.74) is 3.83. The monoisotopic (exact) mass is 415 g/mol. The lowest BCUT2D eigenvalue weighted by Gasteiger charge is -2.36. The third kappa shape index (κ3) is 3.11. The van der Waals surface area contributed by atoms with Crippen molar-refractivity contribution in [3.63, 3.8) is 0 Å². The number of aryl methyl sites for hydroxylation is 1. The summed E-state index contributed by atoms with van der Waals surface area (Å²) in [5.74, 6) is 0.159. The number of nitro groups is 1. The maximum absolute atomic E-state index is 12.1. The number of nitrogens with one attached hydrogen (secondary N) is 1. The van der Waals surface area contributed by atoms with Gasteiger partial charge in [-0.3, -0.25) is 19.8 Å². The molecule has 4 rings (SSSR count). The zero-order chi connectivity index (χ0) is 22.3. The number of hydrogen-bond donors (Lipinski definition) is 1. The van der Waals surface area contributed by atoms with Crippen molar-refractivity contribution in [1.82, 2.24) is 9.88 Å².